The van der Waals surface area contributed by atoms with Gasteiger partial charge in [0.25, 0.3) is 11.8 Å². The lowest BCUT2D eigenvalue weighted by Gasteiger charge is -2.35. The Kier molecular flexibility index (Phi) is 5.83. The van der Waals surface area contributed by atoms with Crippen LogP contribution >= 0.6 is 0 Å². The summed E-state index contributed by atoms with van der Waals surface area (Å²) in [5, 5.41) is 2.92. The second kappa shape index (κ2) is 8.99. The first-order valence-corrected chi connectivity index (χ1v) is 11.1. The van der Waals surface area contributed by atoms with Gasteiger partial charge in [0.15, 0.2) is 0 Å². The number of alkyl halides is 3. The molecule has 0 bridgehead atoms. The first kappa shape index (κ1) is 23.3. The summed E-state index contributed by atoms with van der Waals surface area (Å²) in [6.45, 7) is 1.83. The van der Waals surface area contributed by atoms with Gasteiger partial charge in [0.1, 0.15) is 0 Å². The van der Waals surface area contributed by atoms with Gasteiger partial charge in [0.05, 0.1) is 41.1 Å². The van der Waals surface area contributed by atoms with E-state index in [4.69, 9.17) is 4.74 Å². The zero-order chi connectivity index (χ0) is 25.4. The van der Waals surface area contributed by atoms with Crippen LogP contribution in [0.2, 0.25) is 0 Å². The van der Waals surface area contributed by atoms with Crippen LogP contribution in [0.25, 0.3) is 0 Å². The van der Waals surface area contributed by atoms with Gasteiger partial charge < -0.3 is 10.1 Å². The van der Waals surface area contributed by atoms with Gasteiger partial charge in [-0.3, -0.25) is 19.5 Å². The first-order chi connectivity index (χ1) is 17.2. The van der Waals surface area contributed by atoms with Crippen LogP contribution in [0.3, 0.4) is 0 Å². The van der Waals surface area contributed by atoms with Crippen LogP contribution in [0, 0.1) is 0 Å². The molecule has 0 saturated heterocycles. The number of nitrogens with one attached hydrogen (secondary N) is 1. The Balaban J connectivity index is 1.52. The minimum Gasteiger partial charge on any atom is -0.472 e. The Morgan fingerprint density at radius 1 is 1.11 bits per heavy atom. The van der Waals surface area contributed by atoms with Crippen LogP contribution in [0.1, 0.15) is 46.1 Å². The molecule has 1 N–H and O–H groups in total. The van der Waals surface area contributed by atoms with E-state index >= 15 is 0 Å². The number of hydrogen-bond donors (Lipinski definition) is 1. The molecule has 2 aliphatic rings. The first-order valence-electron chi connectivity index (χ1n) is 11.1. The molecule has 3 heterocycles. The SMILES string of the molecule is C[C@H](NC(=O)c1ccc2c(c1)C1C=COC=C1C(=O)N2c1ccc(C(F)(F)F)cc1)c1ccccn1. The summed E-state index contributed by atoms with van der Waals surface area (Å²) < 4.78 is 44.4. The number of aromatic nitrogens is 1. The molecule has 0 spiro atoms. The summed E-state index contributed by atoms with van der Waals surface area (Å²) in [5.74, 6) is -1.21. The number of pyridine rings is 1. The van der Waals surface area contributed by atoms with Crippen molar-refractivity contribution in [3.8, 4) is 0 Å². The molecular formula is C27H20F3N3O3. The van der Waals surface area contributed by atoms with Crippen molar-refractivity contribution in [2.75, 3.05) is 4.90 Å². The molecule has 6 nitrogen and oxygen atoms in total. The van der Waals surface area contributed by atoms with E-state index in [-0.39, 0.29) is 17.6 Å². The lowest BCUT2D eigenvalue weighted by atomic mass is 9.83. The molecular weight excluding hydrogens is 471 g/mol. The smallest absolute Gasteiger partial charge is 0.416 e. The van der Waals surface area contributed by atoms with E-state index in [0.29, 0.717) is 28.1 Å². The van der Waals surface area contributed by atoms with E-state index in [1.807, 2.05) is 19.1 Å². The molecule has 1 aromatic heterocycles. The van der Waals surface area contributed by atoms with Crippen LogP contribution in [0.4, 0.5) is 24.5 Å². The fraction of sp³-hybridized carbons (Fsp3) is 0.148. The van der Waals surface area contributed by atoms with Gasteiger partial charge in [0.2, 0.25) is 0 Å². The number of rotatable bonds is 4. The molecule has 3 aromatic rings. The lowest BCUT2D eigenvalue weighted by Crippen LogP contribution is -2.36. The van der Waals surface area contributed by atoms with Gasteiger partial charge in [-0.15, -0.1) is 0 Å². The highest BCUT2D eigenvalue weighted by Crippen LogP contribution is 2.45. The monoisotopic (exact) mass is 491 g/mol. The lowest BCUT2D eigenvalue weighted by molar-refractivity contribution is -0.137. The Labute approximate surface area is 204 Å². The highest BCUT2D eigenvalue weighted by molar-refractivity contribution is 6.14. The number of anilines is 2. The number of ether oxygens (including phenoxy) is 1. The van der Waals surface area contributed by atoms with Crippen molar-refractivity contribution in [1.82, 2.24) is 10.3 Å². The van der Waals surface area contributed by atoms with Crippen molar-refractivity contribution in [3.05, 3.63) is 113 Å². The number of nitrogens with zero attached hydrogens (tertiary/aromatic N) is 2. The van der Waals surface area contributed by atoms with Crippen molar-refractivity contribution >= 4 is 23.2 Å². The number of carbonyl (C=O) groups excluding carboxylic acids is 2. The molecule has 0 aliphatic carbocycles. The zero-order valence-corrected chi connectivity index (χ0v) is 19.0. The summed E-state index contributed by atoms with van der Waals surface area (Å²) in [6.07, 6.45) is 1.63. The van der Waals surface area contributed by atoms with Crippen LogP contribution in [-0.2, 0) is 15.7 Å². The third kappa shape index (κ3) is 4.24. The topological polar surface area (TPSA) is 71.5 Å². The molecule has 2 amide bonds. The fourth-order valence-corrected chi connectivity index (χ4v) is 4.30. The maximum absolute atomic E-state index is 13.4. The summed E-state index contributed by atoms with van der Waals surface area (Å²) in [5.41, 5.74) is 1.97. The second-order valence-electron chi connectivity index (χ2n) is 8.42. The average Bonchev–Trinajstić information content (AvgIpc) is 2.89. The largest absolute Gasteiger partial charge is 0.472 e. The van der Waals surface area contributed by atoms with E-state index < -0.39 is 23.6 Å². The number of fused-ring (bicyclic) bond motifs is 3. The van der Waals surface area contributed by atoms with Crippen LogP contribution in [0.5, 0.6) is 0 Å². The number of hydrogen-bond acceptors (Lipinski definition) is 4. The summed E-state index contributed by atoms with van der Waals surface area (Å²) in [7, 11) is 0. The van der Waals surface area contributed by atoms with Crippen molar-refractivity contribution in [2.45, 2.75) is 25.1 Å². The Bertz CT molecular complexity index is 1380. The number of halogens is 3. The molecule has 0 saturated carbocycles. The molecule has 36 heavy (non-hydrogen) atoms. The van der Waals surface area contributed by atoms with E-state index in [0.717, 1.165) is 12.1 Å². The minimum atomic E-state index is -4.49. The predicted octanol–water partition coefficient (Wildman–Crippen LogP) is 5.78. The molecule has 182 valence electrons. The van der Waals surface area contributed by atoms with Gasteiger partial charge in [-0.2, -0.15) is 13.2 Å². The van der Waals surface area contributed by atoms with Crippen molar-refractivity contribution in [2.24, 2.45) is 0 Å². The number of carbonyl (C=O) groups is 2. The molecule has 9 heteroatoms. The van der Waals surface area contributed by atoms with Gasteiger partial charge in [-0.25, -0.2) is 0 Å². The van der Waals surface area contributed by atoms with E-state index in [1.54, 1.807) is 36.5 Å². The molecule has 2 aliphatic heterocycles. The van der Waals surface area contributed by atoms with Gasteiger partial charge >= 0.3 is 6.18 Å². The molecule has 2 aromatic carbocycles. The van der Waals surface area contributed by atoms with Crippen molar-refractivity contribution < 1.29 is 27.5 Å². The Morgan fingerprint density at radius 2 is 1.89 bits per heavy atom. The van der Waals surface area contributed by atoms with Crippen LogP contribution in [-0.4, -0.2) is 16.8 Å². The average molecular weight is 491 g/mol. The summed E-state index contributed by atoms with van der Waals surface area (Å²) in [6, 6.07) is 14.4. The number of allylic oxidation sites excluding steroid dienone is 1. The van der Waals surface area contributed by atoms with E-state index in [2.05, 4.69) is 10.3 Å². The van der Waals surface area contributed by atoms with Crippen molar-refractivity contribution in [3.63, 3.8) is 0 Å². The second-order valence-corrected chi connectivity index (χ2v) is 8.42. The normalized spacial score (nSPS) is 17.4. The fourth-order valence-electron chi connectivity index (χ4n) is 4.30. The van der Waals surface area contributed by atoms with Gasteiger partial charge in [-0.1, -0.05) is 6.07 Å². The molecule has 1 unspecified atom stereocenters. The standard InChI is InChI=1S/C27H20F3N3O3/c1-16(23-4-2-3-12-31-23)32-25(34)17-5-10-24-21(14-17)20-11-13-36-15-22(20)26(35)33(24)19-8-6-18(7-9-19)27(28,29)30/h2-16,20H,1H3,(H,32,34)/t16-,20?/m0/s1. The van der Waals surface area contributed by atoms with E-state index in [9.17, 15) is 22.8 Å². The minimum absolute atomic E-state index is 0.268. The third-order valence-electron chi connectivity index (χ3n) is 6.13. The van der Waals surface area contributed by atoms with Gasteiger partial charge in [-0.05, 0) is 73.2 Å². The quantitative estimate of drug-likeness (QED) is 0.502. The van der Waals surface area contributed by atoms with Crippen LogP contribution < -0.4 is 10.2 Å². The maximum atomic E-state index is 13.4. The predicted molar refractivity (Wildman–Crippen MR) is 126 cm³/mol. The molecule has 5 rings (SSSR count). The molecule has 2 atom stereocenters. The Hall–Kier alpha value is -4.40. The van der Waals surface area contributed by atoms with E-state index in [1.165, 1.54) is 29.6 Å². The maximum Gasteiger partial charge on any atom is 0.416 e. The molecule has 0 fully saturated rings. The molecule has 0 radical (unpaired) electrons. The highest BCUT2D eigenvalue weighted by atomic mass is 19.4. The van der Waals surface area contributed by atoms with Gasteiger partial charge in [0, 0.05) is 23.4 Å². The Morgan fingerprint density at radius 3 is 2.58 bits per heavy atom. The van der Waals surface area contributed by atoms with Crippen molar-refractivity contribution in [1.29, 1.82) is 0 Å². The number of benzene rings is 2. The zero-order valence-electron chi connectivity index (χ0n) is 19.0. The highest BCUT2D eigenvalue weighted by Gasteiger charge is 2.38. The van der Waals surface area contributed by atoms with Crippen LogP contribution in [0.15, 0.2) is 91.0 Å². The summed E-state index contributed by atoms with van der Waals surface area (Å²) in [4.78, 5) is 32.0. The number of amides is 2. The third-order valence-corrected chi connectivity index (χ3v) is 6.13. The summed E-state index contributed by atoms with van der Waals surface area (Å²) >= 11 is 0.